The third kappa shape index (κ3) is 6.54. The fraction of sp³-hybridized carbons (Fsp3) is 0.227. The largest absolute Gasteiger partial charge is 0.493 e. The third-order valence-electron chi connectivity index (χ3n) is 3.93. The first-order chi connectivity index (χ1) is 14.3. The van der Waals surface area contributed by atoms with Crippen molar-refractivity contribution in [2.45, 2.75) is 20.3 Å². The minimum absolute atomic E-state index is 0.0454. The SMILES string of the molecule is C#CCOc1c(Cl)cc(C=NNC(=O)CC(=O)Nc2ccc(C)cc2C)cc1OC. The Morgan fingerprint density at radius 1 is 1.23 bits per heavy atom. The molecule has 0 aliphatic heterocycles. The Balaban J connectivity index is 1.94. The quantitative estimate of drug-likeness (QED) is 0.292. The number of methoxy groups -OCH3 is 1. The van der Waals surface area contributed by atoms with Gasteiger partial charge < -0.3 is 14.8 Å². The first-order valence-electron chi connectivity index (χ1n) is 8.96. The van der Waals surface area contributed by atoms with Gasteiger partial charge in [-0.25, -0.2) is 5.43 Å². The van der Waals surface area contributed by atoms with E-state index < -0.39 is 11.8 Å². The number of ether oxygens (including phenoxy) is 2. The van der Waals surface area contributed by atoms with E-state index in [4.69, 9.17) is 27.5 Å². The number of carbonyl (C=O) groups is 2. The van der Waals surface area contributed by atoms with Crippen LogP contribution in [0.25, 0.3) is 0 Å². The van der Waals surface area contributed by atoms with Crippen LogP contribution in [0.3, 0.4) is 0 Å². The smallest absolute Gasteiger partial charge is 0.249 e. The monoisotopic (exact) mass is 427 g/mol. The lowest BCUT2D eigenvalue weighted by atomic mass is 10.1. The van der Waals surface area contributed by atoms with Gasteiger partial charge in [0.1, 0.15) is 13.0 Å². The van der Waals surface area contributed by atoms with Crippen LogP contribution in [0, 0.1) is 26.2 Å². The van der Waals surface area contributed by atoms with Gasteiger partial charge in [0.05, 0.1) is 18.3 Å². The molecule has 0 aromatic heterocycles. The van der Waals surface area contributed by atoms with Crippen LogP contribution in [0.15, 0.2) is 35.4 Å². The fourth-order valence-electron chi connectivity index (χ4n) is 2.58. The number of hydrogen-bond acceptors (Lipinski definition) is 5. The van der Waals surface area contributed by atoms with Crippen LogP contribution < -0.4 is 20.2 Å². The summed E-state index contributed by atoms with van der Waals surface area (Å²) in [7, 11) is 1.46. The van der Waals surface area contributed by atoms with Gasteiger partial charge in [-0.2, -0.15) is 5.10 Å². The molecular formula is C22H22ClN3O4. The molecule has 8 heteroatoms. The first-order valence-corrected chi connectivity index (χ1v) is 9.34. The van der Waals surface area contributed by atoms with Gasteiger partial charge in [-0.15, -0.1) is 6.42 Å². The summed E-state index contributed by atoms with van der Waals surface area (Å²) in [4.78, 5) is 24.0. The second kappa shape index (κ2) is 10.9. The van der Waals surface area contributed by atoms with Crippen LogP contribution in [0.4, 0.5) is 5.69 Å². The highest BCUT2D eigenvalue weighted by molar-refractivity contribution is 6.32. The number of terminal acetylenes is 1. The maximum absolute atomic E-state index is 12.1. The molecule has 0 saturated carbocycles. The molecule has 0 radical (unpaired) electrons. The van der Waals surface area contributed by atoms with Crippen LogP contribution in [0.5, 0.6) is 11.5 Å². The van der Waals surface area contributed by atoms with Gasteiger partial charge in [0.15, 0.2) is 11.5 Å². The number of amides is 2. The Bertz CT molecular complexity index is 1010. The lowest BCUT2D eigenvalue weighted by molar-refractivity contribution is -0.126. The molecule has 0 fully saturated rings. The number of nitrogens with zero attached hydrogens (tertiary/aromatic N) is 1. The van der Waals surface area contributed by atoms with E-state index in [1.54, 1.807) is 18.2 Å². The van der Waals surface area contributed by atoms with Crippen molar-refractivity contribution in [3.05, 3.63) is 52.0 Å². The Morgan fingerprint density at radius 3 is 2.67 bits per heavy atom. The molecule has 2 amide bonds. The summed E-state index contributed by atoms with van der Waals surface area (Å²) in [6, 6.07) is 8.84. The minimum atomic E-state index is -0.555. The second-order valence-electron chi connectivity index (χ2n) is 6.36. The van der Waals surface area contributed by atoms with Crippen LogP contribution in [0.1, 0.15) is 23.1 Å². The summed E-state index contributed by atoms with van der Waals surface area (Å²) in [6.07, 6.45) is 6.19. The van der Waals surface area contributed by atoms with E-state index in [1.807, 2.05) is 26.0 Å². The zero-order valence-corrected chi connectivity index (χ0v) is 17.7. The Hall–Kier alpha value is -3.50. The highest BCUT2D eigenvalue weighted by atomic mass is 35.5. The zero-order chi connectivity index (χ0) is 22.1. The number of nitrogens with one attached hydrogen (secondary N) is 2. The first kappa shape index (κ1) is 22.8. The van der Waals surface area contributed by atoms with E-state index in [9.17, 15) is 9.59 Å². The molecule has 2 N–H and O–H groups in total. The predicted octanol–water partition coefficient (Wildman–Crippen LogP) is 3.46. The number of rotatable bonds is 8. The summed E-state index contributed by atoms with van der Waals surface area (Å²) in [5.74, 6) is 2.05. The minimum Gasteiger partial charge on any atom is -0.493 e. The molecule has 7 nitrogen and oxygen atoms in total. The maximum Gasteiger partial charge on any atom is 0.249 e. The Labute approximate surface area is 180 Å². The topological polar surface area (TPSA) is 89.0 Å². The fourth-order valence-corrected chi connectivity index (χ4v) is 2.85. The molecule has 2 aromatic rings. The lowest BCUT2D eigenvalue weighted by Gasteiger charge is -2.11. The predicted molar refractivity (Wildman–Crippen MR) is 117 cm³/mol. The van der Waals surface area contributed by atoms with Gasteiger partial charge in [0.25, 0.3) is 0 Å². The molecule has 0 heterocycles. The van der Waals surface area contributed by atoms with Gasteiger partial charge in [0, 0.05) is 5.69 Å². The number of hydrazone groups is 1. The molecule has 2 rings (SSSR count). The molecule has 156 valence electrons. The summed E-state index contributed by atoms with van der Waals surface area (Å²) in [6.45, 7) is 3.89. The van der Waals surface area contributed by atoms with E-state index in [2.05, 4.69) is 21.8 Å². The molecule has 30 heavy (non-hydrogen) atoms. The summed E-state index contributed by atoms with van der Waals surface area (Å²) < 4.78 is 10.6. The van der Waals surface area contributed by atoms with Crippen molar-refractivity contribution in [3.8, 4) is 23.8 Å². The molecule has 0 atom stereocenters. The van der Waals surface area contributed by atoms with E-state index in [1.165, 1.54) is 13.3 Å². The highest BCUT2D eigenvalue weighted by Crippen LogP contribution is 2.35. The normalized spacial score (nSPS) is 10.4. The van der Waals surface area contributed by atoms with Gasteiger partial charge in [-0.3, -0.25) is 9.59 Å². The number of aryl methyl sites for hydroxylation is 2. The van der Waals surface area contributed by atoms with Crippen LogP contribution in [0.2, 0.25) is 5.02 Å². The van der Waals surface area contributed by atoms with Crippen LogP contribution in [-0.4, -0.2) is 31.7 Å². The molecule has 2 aromatic carbocycles. The van der Waals surface area contributed by atoms with Gasteiger partial charge in [-0.05, 0) is 43.2 Å². The van der Waals surface area contributed by atoms with Crippen molar-refractivity contribution in [3.63, 3.8) is 0 Å². The van der Waals surface area contributed by atoms with Crippen molar-refractivity contribution >= 4 is 35.3 Å². The molecule has 0 saturated heterocycles. The summed E-state index contributed by atoms with van der Waals surface area (Å²) in [5, 5.41) is 6.84. The van der Waals surface area contributed by atoms with Crippen molar-refractivity contribution in [1.29, 1.82) is 0 Å². The van der Waals surface area contributed by atoms with Gasteiger partial charge in [0.2, 0.25) is 11.8 Å². The van der Waals surface area contributed by atoms with Crippen LogP contribution in [-0.2, 0) is 9.59 Å². The van der Waals surface area contributed by atoms with E-state index in [0.717, 1.165) is 11.1 Å². The Kier molecular flexibility index (Phi) is 8.27. The van der Waals surface area contributed by atoms with Crippen molar-refractivity contribution in [1.82, 2.24) is 5.43 Å². The zero-order valence-electron chi connectivity index (χ0n) is 16.9. The Morgan fingerprint density at radius 2 is 2.00 bits per heavy atom. The number of halogens is 1. The van der Waals surface area contributed by atoms with E-state index in [0.29, 0.717) is 22.7 Å². The van der Waals surface area contributed by atoms with Crippen molar-refractivity contribution < 1.29 is 19.1 Å². The number of benzene rings is 2. The summed E-state index contributed by atoms with van der Waals surface area (Å²) in [5.41, 5.74) is 5.53. The standard InChI is InChI=1S/C22H22ClN3O4/c1-5-8-30-22-17(23)10-16(11-19(22)29-4)13-24-26-21(28)12-20(27)25-18-7-6-14(2)9-15(18)3/h1,6-7,9-11,13H,8,12H2,2-4H3,(H,25,27)(H,26,28). The molecule has 0 spiro atoms. The summed E-state index contributed by atoms with van der Waals surface area (Å²) >= 11 is 6.18. The van der Waals surface area contributed by atoms with Crippen LogP contribution >= 0.6 is 11.6 Å². The second-order valence-corrected chi connectivity index (χ2v) is 6.77. The molecule has 0 aliphatic carbocycles. The number of hydrogen-bond donors (Lipinski definition) is 2. The van der Waals surface area contributed by atoms with E-state index >= 15 is 0 Å². The average molecular weight is 428 g/mol. The van der Waals surface area contributed by atoms with Crippen molar-refractivity contribution in [2.75, 3.05) is 19.0 Å². The van der Waals surface area contributed by atoms with Gasteiger partial charge >= 0.3 is 0 Å². The van der Waals surface area contributed by atoms with Gasteiger partial charge in [-0.1, -0.05) is 35.2 Å². The van der Waals surface area contributed by atoms with E-state index in [-0.39, 0.29) is 18.1 Å². The number of anilines is 1. The molecule has 0 unspecified atom stereocenters. The highest BCUT2D eigenvalue weighted by Gasteiger charge is 2.12. The molecular weight excluding hydrogens is 406 g/mol. The molecule has 0 aliphatic rings. The average Bonchev–Trinajstić information content (AvgIpc) is 2.69. The van der Waals surface area contributed by atoms with Crippen molar-refractivity contribution in [2.24, 2.45) is 5.10 Å². The third-order valence-corrected chi connectivity index (χ3v) is 4.21. The molecule has 0 bridgehead atoms. The lowest BCUT2D eigenvalue weighted by Crippen LogP contribution is -2.24. The number of carbonyl (C=O) groups excluding carboxylic acids is 2. The maximum atomic E-state index is 12.1.